The van der Waals surface area contributed by atoms with Crippen molar-refractivity contribution >= 4 is 12.2 Å². The van der Waals surface area contributed by atoms with Crippen LogP contribution < -0.4 is 4.74 Å². The van der Waals surface area contributed by atoms with Crippen molar-refractivity contribution in [3.8, 4) is 17.1 Å². The molecule has 0 radical (unpaired) electrons. The molecule has 0 saturated heterocycles. The zero-order chi connectivity index (χ0) is 14.0. The maximum Gasteiger partial charge on any atom is 0.139 e. The van der Waals surface area contributed by atoms with Crippen molar-refractivity contribution in [2.45, 2.75) is 26.7 Å². The van der Waals surface area contributed by atoms with E-state index in [9.17, 15) is 0 Å². The van der Waals surface area contributed by atoms with Gasteiger partial charge in [-0.25, -0.2) is 4.98 Å². The van der Waals surface area contributed by atoms with E-state index in [2.05, 4.69) is 23.8 Å². The Morgan fingerprint density at radius 3 is 2.32 bits per heavy atom. The minimum Gasteiger partial charge on any atom is -0.497 e. The molecule has 0 fully saturated rings. The van der Waals surface area contributed by atoms with Crippen LogP contribution in [0.1, 0.15) is 31.0 Å². The first-order valence-electron chi connectivity index (χ1n) is 6.28. The van der Waals surface area contributed by atoms with E-state index in [0.29, 0.717) is 10.6 Å². The highest BCUT2D eigenvalue weighted by Crippen LogP contribution is 2.23. The Labute approximate surface area is 118 Å². The molecular formula is C15H18N2OS. The van der Waals surface area contributed by atoms with Gasteiger partial charge in [0.15, 0.2) is 0 Å². The Hall–Kier alpha value is -1.68. The van der Waals surface area contributed by atoms with Gasteiger partial charge in [-0.3, -0.25) is 0 Å². The number of hydrogen-bond donors (Lipinski definition) is 1. The number of nitrogens with one attached hydrogen (secondary N) is 1. The van der Waals surface area contributed by atoms with Gasteiger partial charge in [0.25, 0.3) is 0 Å². The van der Waals surface area contributed by atoms with E-state index in [1.807, 2.05) is 31.2 Å². The Kier molecular flexibility index (Phi) is 4.00. The van der Waals surface area contributed by atoms with Crippen molar-refractivity contribution < 1.29 is 4.74 Å². The Morgan fingerprint density at radius 2 is 1.84 bits per heavy atom. The Bertz CT molecular complexity index is 630. The van der Waals surface area contributed by atoms with Crippen LogP contribution in [0.15, 0.2) is 24.3 Å². The molecule has 0 aliphatic carbocycles. The fourth-order valence-electron chi connectivity index (χ4n) is 2.16. The lowest BCUT2D eigenvalue weighted by Gasteiger charge is -2.12. The highest BCUT2D eigenvalue weighted by atomic mass is 32.1. The van der Waals surface area contributed by atoms with Crippen molar-refractivity contribution in [1.82, 2.24) is 9.97 Å². The molecule has 100 valence electrons. The van der Waals surface area contributed by atoms with Crippen molar-refractivity contribution in [2.75, 3.05) is 7.11 Å². The number of benzene rings is 1. The first-order valence-corrected chi connectivity index (χ1v) is 6.69. The summed E-state index contributed by atoms with van der Waals surface area (Å²) in [7, 11) is 1.66. The van der Waals surface area contributed by atoms with Gasteiger partial charge in [-0.15, -0.1) is 0 Å². The third-order valence-electron chi connectivity index (χ3n) is 3.09. The monoisotopic (exact) mass is 274 g/mol. The highest BCUT2D eigenvalue weighted by molar-refractivity contribution is 7.71. The van der Waals surface area contributed by atoms with E-state index in [-0.39, 0.29) is 0 Å². The summed E-state index contributed by atoms with van der Waals surface area (Å²) in [5.41, 5.74) is 3.21. The second kappa shape index (κ2) is 5.53. The molecule has 0 aliphatic heterocycles. The predicted octanol–water partition coefficient (Wildman–Crippen LogP) is 4.25. The smallest absolute Gasteiger partial charge is 0.139 e. The second-order valence-electron chi connectivity index (χ2n) is 4.81. The first kappa shape index (κ1) is 13.7. The average molecular weight is 274 g/mol. The molecule has 1 aromatic heterocycles. The molecule has 0 bridgehead atoms. The predicted molar refractivity (Wildman–Crippen MR) is 80.2 cm³/mol. The molecule has 1 N–H and O–H groups in total. The largest absolute Gasteiger partial charge is 0.497 e. The summed E-state index contributed by atoms with van der Waals surface area (Å²) in [6.45, 7) is 6.29. The molecule has 1 heterocycles. The van der Waals surface area contributed by atoms with E-state index in [1.165, 1.54) is 0 Å². The van der Waals surface area contributed by atoms with Crippen molar-refractivity contribution in [3.63, 3.8) is 0 Å². The lowest BCUT2D eigenvalue weighted by Crippen LogP contribution is -2.01. The maximum atomic E-state index is 5.40. The number of aryl methyl sites for hydroxylation is 1. The zero-order valence-corrected chi connectivity index (χ0v) is 12.5. The maximum absolute atomic E-state index is 5.40. The minimum atomic E-state index is 0.376. The molecule has 0 saturated carbocycles. The summed E-state index contributed by atoms with van der Waals surface area (Å²) >= 11 is 5.40. The zero-order valence-electron chi connectivity index (χ0n) is 11.7. The van der Waals surface area contributed by atoms with Crippen LogP contribution in [-0.2, 0) is 0 Å². The second-order valence-corrected chi connectivity index (χ2v) is 5.20. The van der Waals surface area contributed by atoms with Crippen LogP contribution in [0.25, 0.3) is 11.4 Å². The number of aromatic nitrogens is 2. The molecule has 2 aromatic rings. The fraction of sp³-hybridized carbons (Fsp3) is 0.333. The number of ether oxygens (including phenoxy) is 1. The van der Waals surface area contributed by atoms with E-state index in [1.54, 1.807) is 7.11 Å². The summed E-state index contributed by atoms with van der Waals surface area (Å²) in [5, 5.41) is 0. The number of methoxy groups -OCH3 is 1. The lowest BCUT2D eigenvalue weighted by molar-refractivity contribution is 0.415. The molecule has 4 heteroatoms. The number of aromatic amines is 1. The highest BCUT2D eigenvalue weighted by Gasteiger charge is 2.10. The van der Waals surface area contributed by atoms with Gasteiger partial charge < -0.3 is 9.72 Å². The summed E-state index contributed by atoms with van der Waals surface area (Å²) in [6, 6.07) is 7.78. The van der Waals surface area contributed by atoms with Crippen LogP contribution in [0, 0.1) is 11.6 Å². The van der Waals surface area contributed by atoms with Crippen molar-refractivity contribution in [1.29, 1.82) is 0 Å². The van der Waals surface area contributed by atoms with Gasteiger partial charge in [-0.05, 0) is 37.1 Å². The Morgan fingerprint density at radius 1 is 1.21 bits per heavy atom. The molecular weight excluding hydrogens is 256 g/mol. The molecule has 3 nitrogen and oxygen atoms in total. The molecule has 19 heavy (non-hydrogen) atoms. The van der Waals surface area contributed by atoms with E-state index >= 15 is 0 Å². The summed E-state index contributed by atoms with van der Waals surface area (Å²) in [5.74, 6) is 2.01. The van der Waals surface area contributed by atoms with Crippen LogP contribution in [0.4, 0.5) is 0 Å². The van der Waals surface area contributed by atoms with Gasteiger partial charge in [0, 0.05) is 16.8 Å². The van der Waals surface area contributed by atoms with Crippen LogP contribution >= 0.6 is 12.2 Å². The van der Waals surface area contributed by atoms with Crippen molar-refractivity contribution in [2.24, 2.45) is 0 Å². The Balaban J connectivity index is 2.49. The topological polar surface area (TPSA) is 37.9 Å². The van der Waals surface area contributed by atoms with Crippen molar-refractivity contribution in [3.05, 3.63) is 40.2 Å². The lowest BCUT2D eigenvalue weighted by atomic mass is 10.0. The van der Waals surface area contributed by atoms with Gasteiger partial charge >= 0.3 is 0 Å². The van der Waals surface area contributed by atoms with Gasteiger partial charge in [0.05, 0.1) is 7.11 Å². The quantitative estimate of drug-likeness (QED) is 0.850. The summed E-state index contributed by atoms with van der Waals surface area (Å²) in [6.07, 6.45) is 0. The van der Waals surface area contributed by atoms with Gasteiger partial charge in [0.2, 0.25) is 0 Å². The molecule has 0 aliphatic rings. The first-order chi connectivity index (χ1) is 9.02. The normalized spacial score (nSPS) is 10.8. The summed E-state index contributed by atoms with van der Waals surface area (Å²) in [4.78, 5) is 7.83. The number of rotatable bonds is 3. The van der Waals surface area contributed by atoms with E-state index in [4.69, 9.17) is 17.0 Å². The number of nitrogens with zero attached hydrogens (tertiary/aromatic N) is 1. The molecule has 0 amide bonds. The SMILES string of the molecule is COc1ccc(-c2nc(=S)c(C(C)C)c(C)[nH]2)cc1. The van der Waals surface area contributed by atoms with Gasteiger partial charge in [-0.2, -0.15) is 0 Å². The third-order valence-corrected chi connectivity index (χ3v) is 3.41. The molecule has 2 rings (SSSR count). The van der Waals surface area contributed by atoms with Crippen LogP contribution in [-0.4, -0.2) is 17.1 Å². The average Bonchev–Trinajstić information content (AvgIpc) is 2.37. The number of hydrogen-bond acceptors (Lipinski definition) is 3. The molecule has 1 aromatic carbocycles. The van der Waals surface area contributed by atoms with Gasteiger partial charge in [0.1, 0.15) is 16.2 Å². The number of H-pyrrole nitrogens is 1. The van der Waals surface area contributed by atoms with Crippen LogP contribution in [0.2, 0.25) is 0 Å². The third kappa shape index (κ3) is 2.84. The molecule has 0 atom stereocenters. The molecule has 0 spiro atoms. The van der Waals surface area contributed by atoms with E-state index < -0.39 is 0 Å². The minimum absolute atomic E-state index is 0.376. The van der Waals surface area contributed by atoms with E-state index in [0.717, 1.165) is 28.4 Å². The summed E-state index contributed by atoms with van der Waals surface area (Å²) < 4.78 is 5.83. The van der Waals surface area contributed by atoms with Crippen LogP contribution in [0.5, 0.6) is 5.75 Å². The van der Waals surface area contributed by atoms with Crippen LogP contribution in [0.3, 0.4) is 0 Å². The fourth-order valence-corrected chi connectivity index (χ4v) is 2.64. The molecule has 0 unspecified atom stereocenters. The van der Waals surface area contributed by atoms with Gasteiger partial charge in [-0.1, -0.05) is 26.1 Å². The standard InChI is InChI=1S/C15H18N2OS/c1-9(2)13-10(3)16-14(17-15(13)19)11-5-7-12(18-4)8-6-11/h5-9H,1-4H3,(H,16,17,19).